The number of alkyl halides is 1. The molecule has 0 aromatic rings. The molecule has 0 heterocycles. The molecule has 7 heteroatoms. The lowest BCUT2D eigenvalue weighted by atomic mass is 9.44. The van der Waals surface area contributed by atoms with Gasteiger partial charge in [-0.15, -0.1) is 0 Å². The molecule has 4 aliphatic carbocycles. The minimum absolute atomic E-state index is 0.0675. The number of ether oxygens (including phenoxy) is 1. The summed E-state index contributed by atoms with van der Waals surface area (Å²) in [4.78, 5) is 37.5. The van der Waals surface area contributed by atoms with Gasteiger partial charge in [-0.1, -0.05) is 32.4 Å². The molecule has 176 valence electrons. The molecule has 0 saturated heterocycles. The van der Waals surface area contributed by atoms with Gasteiger partial charge in [0.15, 0.2) is 17.1 Å². The van der Waals surface area contributed by atoms with E-state index in [4.69, 9.17) is 4.74 Å². The smallest absolute Gasteiger partial charge is 0.306 e. The van der Waals surface area contributed by atoms with E-state index >= 15 is 4.39 Å². The number of halogens is 1. The van der Waals surface area contributed by atoms with E-state index in [1.54, 1.807) is 33.8 Å². The van der Waals surface area contributed by atoms with Gasteiger partial charge in [0.25, 0.3) is 0 Å². The number of carbonyl (C=O) groups is 3. The standard InChI is InChI=1S/C25H33FO6/c1-5-21(31)32-25(20(30)13-27)14(2)10-18-17-7-6-15-11-16(28)8-9-22(15,3)24(17,26)19(29)12-23(18,25)4/h8-9,11,14,17-19,27,29H,5-7,10,12-13H2,1-4H3/t14-,17-,18-,19-,22-,23-,24-,25-/m0/s1. The molecule has 6 nitrogen and oxygen atoms in total. The minimum atomic E-state index is -2.02. The highest BCUT2D eigenvalue weighted by molar-refractivity contribution is 6.01. The first-order chi connectivity index (χ1) is 14.9. The lowest BCUT2D eigenvalue weighted by Crippen LogP contribution is -2.70. The number of hydrogen-bond acceptors (Lipinski definition) is 6. The molecule has 2 N–H and O–H groups in total. The molecule has 8 atom stereocenters. The predicted octanol–water partition coefficient (Wildman–Crippen LogP) is 2.86. The molecule has 0 aliphatic heterocycles. The maximum absolute atomic E-state index is 17.2. The molecule has 3 fully saturated rings. The highest BCUT2D eigenvalue weighted by Crippen LogP contribution is 2.71. The summed E-state index contributed by atoms with van der Waals surface area (Å²) in [6.45, 7) is 6.19. The van der Waals surface area contributed by atoms with Gasteiger partial charge in [-0.3, -0.25) is 14.4 Å². The monoisotopic (exact) mass is 448 g/mol. The first-order valence-corrected chi connectivity index (χ1v) is 11.6. The number of esters is 1. The summed E-state index contributed by atoms with van der Waals surface area (Å²) >= 11 is 0. The van der Waals surface area contributed by atoms with Crippen molar-refractivity contribution in [2.24, 2.45) is 28.6 Å². The van der Waals surface area contributed by atoms with Crippen LogP contribution in [0.25, 0.3) is 0 Å². The zero-order valence-electron chi connectivity index (χ0n) is 19.2. The number of fused-ring (bicyclic) bond motifs is 5. The average Bonchev–Trinajstić information content (AvgIpc) is 2.96. The third kappa shape index (κ3) is 2.61. The van der Waals surface area contributed by atoms with Crippen LogP contribution in [0.3, 0.4) is 0 Å². The van der Waals surface area contributed by atoms with Gasteiger partial charge in [0, 0.05) is 29.1 Å². The number of carbonyl (C=O) groups excluding carboxylic acids is 3. The van der Waals surface area contributed by atoms with Crippen LogP contribution in [0.2, 0.25) is 0 Å². The van der Waals surface area contributed by atoms with Crippen molar-refractivity contribution in [3.05, 3.63) is 23.8 Å². The summed E-state index contributed by atoms with van der Waals surface area (Å²) in [6.07, 6.45) is 4.38. The van der Waals surface area contributed by atoms with Crippen LogP contribution in [-0.4, -0.2) is 51.7 Å². The lowest BCUT2D eigenvalue weighted by molar-refractivity contribution is -0.228. The topological polar surface area (TPSA) is 101 Å². The molecular weight excluding hydrogens is 415 g/mol. The highest BCUT2D eigenvalue weighted by atomic mass is 19.1. The molecule has 0 amide bonds. The van der Waals surface area contributed by atoms with Crippen molar-refractivity contribution >= 4 is 17.5 Å². The van der Waals surface area contributed by atoms with E-state index in [1.165, 1.54) is 12.2 Å². The first-order valence-electron chi connectivity index (χ1n) is 11.6. The first kappa shape index (κ1) is 23.3. The van der Waals surface area contributed by atoms with E-state index < -0.39 is 58.4 Å². The Morgan fingerprint density at radius 3 is 2.59 bits per heavy atom. The zero-order valence-corrected chi connectivity index (χ0v) is 19.2. The summed E-state index contributed by atoms with van der Waals surface area (Å²) in [5, 5.41) is 21.2. The van der Waals surface area contributed by atoms with Gasteiger partial charge in [-0.05, 0) is 50.7 Å². The Morgan fingerprint density at radius 1 is 1.28 bits per heavy atom. The van der Waals surface area contributed by atoms with E-state index in [2.05, 4.69) is 0 Å². The maximum Gasteiger partial charge on any atom is 0.306 e. The summed E-state index contributed by atoms with van der Waals surface area (Å²) in [7, 11) is 0. The summed E-state index contributed by atoms with van der Waals surface area (Å²) in [5.74, 6) is -2.69. The van der Waals surface area contributed by atoms with Crippen LogP contribution >= 0.6 is 0 Å². The van der Waals surface area contributed by atoms with Crippen LogP contribution in [0.1, 0.15) is 59.8 Å². The van der Waals surface area contributed by atoms with Crippen LogP contribution in [0, 0.1) is 28.6 Å². The van der Waals surface area contributed by atoms with E-state index in [0.717, 1.165) is 0 Å². The summed E-state index contributed by atoms with van der Waals surface area (Å²) < 4.78 is 23.0. The van der Waals surface area contributed by atoms with Gasteiger partial charge in [0.1, 0.15) is 6.61 Å². The Kier molecular flexibility index (Phi) is 5.33. The van der Waals surface area contributed by atoms with Crippen molar-refractivity contribution < 1.29 is 33.7 Å². The Morgan fingerprint density at radius 2 is 1.97 bits per heavy atom. The van der Waals surface area contributed by atoms with Gasteiger partial charge in [-0.2, -0.15) is 0 Å². The second-order valence-electron chi connectivity index (χ2n) is 10.5. The molecule has 4 aliphatic rings. The fourth-order valence-electron chi connectivity index (χ4n) is 7.77. The number of allylic oxidation sites excluding steroid dienone is 4. The predicted molar refractivity (Wildman–Crippen MR) is 114 cm³/mol. The maximum atomic E-state index is 17.2. The van der Waals surface area contributed by atoms with Gasteiger partial charge < -0.3 is 14.9 Å². The van der Waals surface area contributed by atoms with E-state index in [9.17, 15) is 24.6 Å². The number of hydrogen-bond donors (Lipinski definition) is 2. The molecule has 0 aromatic heterocycles. The Balaban J connectivity index is 1.85. The van der Waals surface area contributed by atoms with Crippen molar-refractivity contribution in [1.82, 2.24) is 0 Å². The fraction of sp³-hybridized carbons (Fsp3) is 0.720. The Bertz CT molecular complexity index is 925. The van der Waals surface area contributed by atoms with Gasteiger partial charge in [-0.25, -0.2) is 4.39 Å². The molecule has 0 aromatic carbocycles. The number of Topliss-reactive ketones (excluding diaryl/α,β-unsaturated/α-hetero) is 1. The van der Waals surface area contributed by atoms with Crippen LogP contribution in [0.4, 0.5) is 4.39 Å². The molecular formula is C25H33FO6. The molecule has 0 spiro atoms. The molecule has 4 rings (SSSR count). The summed E-state index contributed by atoms with van der Waals surface area (Å²) in [6, 6.07) is 0. The van der Waals surface area contributed by atoms with Crippen LogP contribution < -0.4 is 0 Å². The lowest BCUT2D eigenvalue weighted by Gasteiger charge is -2.62. The molecule has 0 bridgehead atoms. The van der Waals surface area contributed by atoms with Crippen molar-refractivity contribution in [2.45, 2.75) is 77.2 Å². The third-order valence-electron chi connectivity index (χ3n) is 9.30. The zero-order chi connectivity index (χ0) is 23.7. The molecule has 0 radical (unpaired) electrons. The van der Waals surface area contributed by atoms with Crippen molar-refractivity contribution in [3.63, 3.8) is 0 Å². The third-order valence-corrected chi connectivity index (χ3v) is 9.30. The second-order valence-corrected chi connectivity index (χ2v) is 10.5. The fourth-order valence-corrected chi connectivity index (χ4v) is 7.77. The van der Waals surface area contributed by atoms with Crippen LogP contribution in [-0.2, 0) is 19.1 Å². The van der Waals surface area contributed by atoms with Gasteiger partial charge in [0.2, 0.25) is 5.78 Å². The minimum Gasteiger partial charge on any atom is -0.450 e. The quantitative estimate of drug-likeness (QED) is 0.642. The number of aliphatic hydroxyl groups is 2. The van der Waals surface area contributed by atoms with Gasteiger partial charge >= 0.3 is 5.97 Å². The second kappa shape index (κ2) is 7.32. The molecule has 32 heavy (non-hydrogen) atoms. The molecule has 3 saturated carbocycles. The normalized spacial score (nSPS) is 47.2. The SMILES string of the molecule is CCC(=O)O[C@]1(C(=O)CO)[C@@H](C)C[C@H]2[C@@H]3CCC4=CC(=O)C=C[C@]4(C)[C@@]3(F)[C@@H](O)C[C@@]21C. The van der Waals surface area contributed by atoms with Crippen LogP contribution in [0.15, 0.2) is 23.8 Å². The summed E-state index contributed by atoms with van der Waals surface area (Å²) in [5.41, 5.74) is -5.10. The van der Waals surface area contributed by atoms with Crippen molar-refractivity contribution in [3.8, 4) is 0 Å². The van der Waals surface area contributed by atoms with Gasteiger partial charge in [0.05, 0.1) is 6.10 Å². The highest BCUT2D eigenvalue weighted by Gasteiger charge is 2.77. The number of rotatable bonds is 4. The molecule has 0 unspecified atom stereocenters. The van der Waals surface area contributed by atoms with Crippen LogP contribution in [0.5, 0.6) is 0 Å². The number of ketones is 2. The van der Waals surface area contributed by atoms with Crippen molar-refractivity contribution in [2.75, 3.05) is 6.61 Å². The van der Waals surface area contributed by atoms with Crippen molar-refractivity contribution in [1.29, 1.82) is 0 Å². The average molecular weight is 449 g/mol. The van der Waals surface area contributed by atoms with E-state index in [1.807, 2.05) is 0 Å². The largest absolute Gasteiger partial charge is 0.450 e. The number of aliphatic hydroxyl groups excluding tert-OH is 2. The Hall–Kier alpha value is -1.86. The van der Waals surface area contributed by atoms with E-state index in [0.29, 0.717) is 24.8 Å². The Labute approximate surface area is 187 Å². The van der Waals surface area contributed by atoms with E-state index in [-0.39, 0.29) is 24.5 Å².